The Morgan fingerprint density at radius 2 is 1.46 bits per heavy atom. The van der Waals surface area contributed by atoms with Crippen molar-refractivity contribution in [3.63, 3.8) is 0 Å². The van der Waals surface area contributed by atoms with Gasteiger partial charge in [0.15, 0.2) is 0 Å². The van der Waals surface area contributed by atoms with Gasteiger partial charge in [-0.15, -0.1) is 0 Å². The van der Waals surface area contributed by atoms with E-state index < -0.39 is 13.9 Å². The van der Waals surface area contributed by atoms with Crippen LogP contribution in [0.5, 0.6) is 0 Å². The summed E-state index contributed by atoms with van der Waals surface area (Å²) in [4.78, 5) is 19.6. The third-order valence-electron chi connectivity index (χ3n) is 6.64. The monoisotopic (exact) mass is 514 g/mol. The van der Waals surface area contributed by atoms with Gasteiger partial charge in [-0.25, -0.2) is 4.79 Å². The zero-order valence-corrected chi connectivity index (χ0v) is 23.8. The molecule has 2 aromatic carbocycles. The van der Waals surface area contributed by atoms with Crippen molar-refractivity contribution in [3.05, 3.63) is 96.8 Å². The first-order valence-electron chi connectivity index (χ1n) is 12.9. The fraction of sp³-hybridized carbons (Fsp3) is 0.355. The van der Waals surface area contributed by atoms with Crippen molar-refractivity contribution in [1.29, 1.82) is 0 Å². The lowest BCUT2D eigenvalue weighted by Gasteiger charge is -2.44. The molecule has 1 atom stereocenters. The van der Waals surface area contributed by atoms with Gasteiger partial charge in [0.1, 0.15) is 5.60 Å². The first-order chi connectivity index (χ1) is 17.5. The molecule has 4 rings (SSSR count). The van der Waals surface area contributed by atoms with Crippen LogP contribution < -0.4 is 10.4 Å². The molecule has 0 aliphatic carbocycles. The maximum Gasteiger partial charge on any atom is 0.411 e. The number of pyridine rings is 1. The van der Waals surface area contributed by atoms with E-state index in [1.807, 2.05) is 51.1 Å². The molecule has 3 aromatic rings. The normalized spacial score (nSPS) is 16.4. The Balaban J connectivity index is 1.74. The molecule has 5 nitrogen and oxygen atoms in total. The number of amides is 1. The number of aromatic nitrogens is 1. The Bertz CT molecular complexity index is 1180. The van der Waals surface area contributed by atoms with Gasteiger partial charge in [0, 0.05) is 6.20 Å². The number of carbonyl (C=O) groups is 1. The lowest BCUT2D eigenvalue weighted by atomic mass is 10.1. The Labute approximate surface area is 222 Å². The second-order valence-electron chi connectivity index (χ2n) is 11.6. The van der Waals surface area contributed by atoms with E-state index in [9.17, 15) is 4.79 Å². The minimum Gasteiger partial charge on any atom is -0.444 e. The molecule has 1 aliphatic heterocycles. The van der Waals surface area contributed by atoms with Gasteiger partial charge in [-0.2, -0.15) is 0 Å². The second-order valence-corrected chi connectivity index (χ2v) is 15.9. The Kier molecular flexibility index (Phi) is 7.71. The minimum absolute atomic E-state index is 0.154. The van der Waals surface area contributed by atoms with Crippen LogP contribution in [0.3, 0.4) is 0 Å². The lowest BCUT2D eigenvalue weighted by Crippen LogP contribution is -2.67. The summed E-state index contributed by atoms with van der Waals surface area (Å²) in [7, 11) is -2.75. The molecule has 194 valence electrons. The van der Waals surface area contributed by atoms with Crippen molar-refractivity contribution in [1.82, 2.24) is 9.88 Å². The van der Waals surface area contributed by atoms with Crippen LogP contribution in [0, 0.1) is 0 Å². The molecule has 0 spiro atoms. The van der Waals surface area contributed by atoms with E-state index in [0.717, 1.165) is 11.3 Å². The van der Waals surface area contributed by atoms with Crippen molar-refractivity contribution in [2.75, 3.05) is 13.2 Å². The predicted octanol–water partition coefficient (Wildman–Crippen LogP) is 5.66. The lowest BCUT2D eigenvalue weighted by molar-refractivity contribution is 0.0207. The van der Waals surface area contributed by atoms with Crippen molar-refractivity contribution in [2.24, 2.45) is 0 Å². The number of nitrogens with zero attached hydrogens (tertiary/aromatic N) is 2. The van der Waals surface area contributed by atoms with E-state index in [1.165, 1.54) is 10.4 Å². The van der Waals surface area contributed by atoms with Gasteiger partial charge < -0.3 is 9.16 Å². The maximum atomic E-state index is 13.3. The van der Waals surface area contributed by atoms with E-state index in [2.05, 4.69) is 80.4 Å². The summed E-state index contributed by atoms with van der Waals surface area (Å²) < 4.78 is 13.0. The molecule has 2 heterocycles. The zero-order valence-electron chi connectivity index (χ0n) is 22.8. The van der Waals surface area contributed by atoms with E-state index in [0.29, 0.717) is 13.2 Å². The van der Waals surface area contributed by atoms with Gasteiger partial charge >= 0.3 is 6.09 Å². The Morgan fingerprint density at radius 3 is 1.95 bits per heavy atom. The Morgan fingerprint density at radius 1 is 0.892 bits per heavy atom. The molecule has 1 amide bonds. The van der Waals surface area contributed by atoms with Crippen molar-refractivity contribution < 1.29 is 14.0 Å². The van der Waals surface area contributed by atoms with Crippen LogP contribution in [0.2, 0.25) is 5.04 Å². The van der Waals surface area contributed by atoms with Crippen LogP contribution >= 0.6 is 0 Å². The average Bonchev–Trinajstić information content (AvgIpc) is 3.29. The van der Waals surface area contributed by atoms with Gasteiger partial charge in [-0.05, 0) is 53.9 Å². The van der Waals surface area contributed by atoms with Crippen LogP contribution in [0.4, 0.5) is 4.79 Å². The van der Waals surface area contributed by atoms with Crippen LogP contribution in [0.1, 0.15) is 47.2 Å². The molecule has 37 heavy (non-hydrogen) atoms. The minimum atomic E-state index is -2.75. The van der Waals surface area contributed by atoms with E-state index in [4.69, 9.17) is 9.16 Å². The van der Waals surface area contributed by atoms with E-state index in [1.54, 1.807) is 11.1 Å². The highest BCUT2D eigenvalue weighted by Gasteiger charge is 2.51. The summed E-state index contributed by atoms with van der Waals surface area (Å²) in [6.07, 6.45) is 3.55. The average molecular weight is 515 g/mol. The van der Waals surface area contributed by atoms with Gasteiger partial charge in [-0.3, -0.25) is 9.88 Å². The number of ether oxygens (including phenoxy) is 1. The molecule has 0 saturated heterocycles. The van der Waals surface area contributed by atoms with Crippen LogP contribution in [0.25, 0.3) is 5.57 Å². The number of benzene rings is 2. The van der Waals surface area contributed by atoms with E-state index >= 15 is 0 Å². The van der Waals surface area contributed by atoms with Gasteiger partial charge in [0.2, 0.25) is 0 Å². The summed E-state index contributed by atoms with van der Waals surface area (Å²) >= 11 is 0. The third kappa shape index (κ3) is 5.86. The molecule has 1 aromatic heterocycles. The predicted molar refractivity (Wildman–Crippen MR) is 153 cm³/mol. The summed E-state index contributed by atoms with van der Waals surface area (Å²) in [5.41, 5.74) is 1.28. The van der Waals surface area contributed by atoms with Crippen LogP contribution in [-0.2, 0) is 9.16 Å². The summed E-state index contributed by atoms with van der Waals surface area (Å²) in [6, 6.07) is 26.7. The molecule has 0 fully saturated rings. The smallest absolute Gasteiger partial charge is 0.411 e. The first-order valence-corrected chi connectivity index (χ1v) is 14.8. The van der Waals surface area contributed by atoms with Gasteiger partial charge in [0.05, 0.1) is 24.9 Å². The fourth-order valence-electron chi connectivity index (χ4n) is 5.03. The number of rotatable bonds is 6. The highest BCUT2D eigenvalue weighted by molar-refractivity contribution is 6.99. The standard InChI is InChI=1S/C31H38N2O3Si/c1-30(2,3)36-29(34)33-22-24(28-19-13-14-20-32-28)21-25(33)23-35-37(31(4,5)6,26-15-9-7-10-16-26)27-17-11-8-12-18-27/h7-21,25H,22-23H2,1-6H3/t25-/m1/s1. The Hall–Kier alpha value is -3.22. The van der Waals surface area contributed by atoms with Crippen molar-refractivity contribution in [3.8, 4) is 0 Å². The van der Waals surface area contributed by atoms with E-state index in [-0.39, 0.29) is 17.2 Å². The van der Waals surface area contributed by atoms with Gasteiger partial charge in [-0.1, -0.05) is 93.6 Å². The number of carbonyl (C=O) groups excluding carboxylic acids is 1. The summed E-state index contributed by atoms with van der Waals surface area (Å²) in [5, 5.41) is 2.27. The van der Waals surface area contributed by atoms with Gasteiger partial charge in [0.25, 0.3) is 8.32 Å². The maximum absolute atomic E-state index is 13.3. The SMILES string of the molecule is CC(C)(C)OC(=O)N1CC(c2ccccn2)=C[C@@H]1CO[Si](c1ccccc1)(c1ccccc1)C(C)(C)C. The zero-order chi connectivity index (χ0) is 26.7. The largest absolute Gasteiger partial charge is 0.444 e. The molecule has 0 unspecified atom stereocenters. The van der Waals surface area contributed by atoms with Crippen molar-refractivity contribution >= 4 is 30.4 Å². The quantitative estimate of drug-likeness (QED) is 0.398. The third-order valence-corrected chi connectivity index (χ3v) is 11.6. The molecule has 1 aliphatic rings. The van der Waals surface area contributed by atoms with Crippen molar-refractivity contribution in [2.45, 2.75) is 58.2 Å². The van der Waals surface area contributed by atoms with Crippen LogP contribution in [0.15, 0.2) is 91.1 Å². The molecule has 0 N–H and O–H groups in total. The molecule has 0 radical (unpaired) electrons. The highest BCUT2D eigenvalue weighted by atomic mass is 28.4. The molecular formula is C31H38N2O3Si. The molecule has 6 heteroatoms. The summed E-state index contributed by atoms with van der Waals surface area (Å²) in [5.74, 6) is 0. The topological polar surface area (TPSA) is 51.7 Å². The molecular weight excluding hydrogens is 476 g/mol. The molecule has 0 saturated carbocycles. The second kappa shape index (κ2) is 10.6. The van der Waals surface area contributed by atoms with Crippen LogP contribution in [-0.4, -0.2) is 49.1 Å². The highest BCUT2D eigenvalue weighted by Crippen LogP contribution is 2.37. The molecule has 0 bridgehead atoms. The number of hydrogen-bond acceptors (Lipinski definition) is 4. The number of hydrogen-bond donors (Lipinski definition) is 0. The first kappa shape index (κ1) is 26.8. The summed E-state index contributed by atoms with van der Waals surface area (Å²) in [6.45, 7) is 13.2. The fourth-order valence-corrected chi connectivity index (χ4v) is 9.60.